The molecule has 0 aliphatic carbocycles. The molecule has 0 N–H and O–H groups in total. The Balaban J connectivity index is 2.27. The molecule has 0 aliphatic rings. The zero-order chi connectivity index (χ0) is 14.9. The van der Waals surface area contributed by atoms with E-state index in [4.69, 9.17) is 11.6 Å². The third-order valence-corrected chi connectivity index (χ3v) is 2.94. The number of imidazole rings is 1. The van der Waals surface area contributed by atoms with Crippen LogP contribution in [0, 0.1) is 0 Å². The van der Waals surface area contributed by atoms with E-state index in [0.717, 1.165) is 22.9 Å². The fourth-order valence-corrected chi connectivity index (χ4v) is 1.85. The molecular formula is C12H7ClF3N2O2-. The van der Waals surface area contributed by atoms with Gasteiger partial charge in [0.1, 0.15) is 0 Å². The number of carboxylic acid groups (broad SMARTS) is 1. The van der Waals surface area contributed by atoms with Gasteiger partial charge in [0.25, 0.3) is 0 Å². The number of alkyl halides is 3. The van der Waals surface area contributed by atoms with Crippen molar-refractivity contribution < 1.29 is 23.1 Å². The van der Waals surface area contributed by atoms with Crippen LogP contribution in [0.4, 0.5) is 13.2 Å². The van der Waals surface area contributed by atoms with E-state index < -0.39 is 17.7 Å². The van der Waals surface area contributed by atoms with E-state index in [9.17, 15) is 23.1 Å². The monoisotopic (exact) mass is 303 g/mol. The van der Waals surface area contributed by atoms with Crippen LogP contribution >= 0.6 is 11.6 Å². The smallest absolute Gasteiger partial charge is 0.416 e. The molecule has 106 valence electrons. The number of halogens is 4. The molecule has 2 rings (SSSR count). The van der Waals surface area contributed by atoms with Crippen molar-refractivity contribution in [3.8, 4) is 0 Å². The molecule has 0 bridgehead atoms. The van der Waals surface area contributed by atoms with Crippen LogP contribution < -0.4 is 5.11 Å². The summed E-state index contributed by atoms with van der Waals surface area (Å²) < 4.78 is 38.4. The second-order valence-corrected chi connectivity index (χ2v) is 4.32. The first kappa shape index (κ1) is 14.4. The lowest BCUT2D eigenvalue weighted by Crippen LogP contribution is -2.25. The number of carbonyl (C=O) groups excluding carboxylic acids is 1. The highest BCUT2D eigenvalue weighted by molar-refractivity contribution is 6.28. The third-order valence-electron chi connectivity index (χ3n) is 2.64. The molecule has 1 aromatic carbocycles. The van der Waals surface area contributed by atoms with E-state index in [1.807, 2.05) is 0 Å². The van der Waals surface area contributed by atoms with Crippen LogP contribution in [-0.4, -0.2) is 15.5 Å². The Bertz CT molecular complexity index is 635. The van der Waals surface area contributed by atoms with E-state index in [2.05, 4.69) is 4.98 Å². The highest BCUT2D eigenvalue weighted by Crippen LogP contribution is 2.29. The molecule has 0 atom stereocenters. The van der Waals surface area contributed by atoms with Crippen molar-refractivity contribution in [2.75, 3.05) is 0 Å². The lowest BCUT2D eigenvalue weighted by Gasteiger charge is -2.11. The molecular weight excluding hydrogens is 297 g/mol. The largest absolute Gasteiger partial charge is 0.543 e. The minimum absolute atomic E-state index is 0.0136. The molecule has 0 fully saturated rings. The highest BCUT2D eigenvalue weighted by atomic mass is 35.5. The van der Waals surface area contributed by atoms with Crippen LogP contribution in [-0.2, 0) is 12.7 Å². The number of hydrogen-bond acceptors (Lipinski definition) is 3. The van der Waals surface area contributed by atoms with Crippen LogP contribution in [0.2, 0.25) is 5.28 Å². The maximum absolute atomic E-state index is 12.4. The first-order valence-electron chi connectivity index (χ1n) is 5.37. The molecule has 1 aromatic heterocycles. The Morgan fingerprint density at radius 2 is 1.90 bits per heavy atom. The van der Waals surface area contributed by atoms with E-state index in [-0.39, 0.29) is 17.5 Å². The average molecular weight is 304 g/mol. The van der Waals surface area contributed by atoms with Gasteiger partial charge in [-0.25, -0.2) is 4.98 Å². The lowest BCUT2D eigenvalue weighted by molar-refractivity contribution is -0.255. The van der Waals surface area contributed by atoms with Gasteiger partial charge in [0, 0.05) is 0 Å². The predicted octanol–water partition coefficient (Wildman–Crippen LogP) is 1.97. The van der Waals surface area contributed by atoms with Gasteiger partial charge in [-0.1, -0.05) is 12.1 Å². The molecule has 0 saturated heterocycles. The van der Waals surface area contributed by atoms with Gasteiger partial charge in [0.15, 0.2) is 0 Å². The summed E-state index contributed by atoms with van der Waals surface area (Å²) in [5, 5.41) is 10.8. The molecule has 0 radical (unpaired) electrons. The van der Waals surface area contributed by atoms with Crippen LogP contribution in [0.3, 0.4) is 0 Å². The molecule has 2 aromatic rings. The zero-order valence-electron chi connectivity index (χ0n) is 9.82. The Labute approximate surface area is 116 Å². The second-order valence-electron chi connectivity index (χ2n) is 3.98. The minimum atomic E-state index is -4.42. The van der Waals surface area contributed by atoms with E-state index in [1.54, 1.807) is 0 Å². The number of carbonyl (C=O) groups is 1. The van der Waals surface area contributed by atoms with E-state index >= 15 is 0 Å². The van der Waals surface area contributed by atoms with Gasteiger partial charge >= 0.3 is 6.18 Å². The summed E-state index contributed by atoms with van der Waals surface area (Å²) in [5.74, 6) is -1.46. The van der Waals surface area contributed by atoms with E-state index in [0.29, 0.717) is 5.56 Å². The molecule has 8 heteroatoms. The SMILES string of the molecule is O=C([O-])c1cnc(Cl)n1Cc1ccc(C(F)(F)F)cc1. The van der Waals surface area contributed by atoms with Crippen LogP contribution in [0.15, 0.2) is 30.5 Å². The number of carboxylic acids is 1. The Kier molecular flexibility index (Phi) is 3.71. The van der Waals surface area contributed by atoms with Crippen molar-refractivity contribution in [2.45, 2.75) is 12.7 Å². The van der Waals surface area contributed by atoms with Crippen molar-refractivity contribution in [3.63, 3.8) is 0 Å². The summed E-state index contributed by atoms with van der Waals surface area (Å²) >= 11 is 5.72. The second kappa shape index (κ2) is 5.16. The fourth-order valence-electron chi connectivity index (χ4n) is 1.65. The number of rotatable bonds is 3. The van der Waals surface area contributed by atoms with Crippen molar-refractivity contribution in [2.24, 2.45) is 0 Å². The first-order valence-corrected chi connectivity index (χ1v) is 5.75. The zero-order valence-corrected chi connectivity index (χ0v) is 10.6. The summed E-state index contributed by atoms with van der Waals surface area (Å²) in [7, 11) is 0. The fraction of sp³-hybridized carbons (Fsp3) is 0.167. The van der Waals surface area contributed by atoms with Gasteiger partial charge in [-0.3, -0.25) is 0 Å². The molecule has 0 unspecified atom stereocenters. The molecule has 0 aliphatic heterocycles. The Hall–Kier alpha value is -2.02. The summed E-state index contributed by atoms with van der Waals surface area (Å²) in [6.07, 6.45) is -3.39. The number of benzene rings is 1. The van der Waals surface area contributed by atoms with Gasteiger partial charge in [-0.15, -0.1) is 0 Å². The van der Waals surface area contributed by atoms with Crippen molar-refractivity contribution >= 4 is 17.6 Å². The summed E-state index contributed by atoms with van der Waals surface area (Å²) in [5.41, 5.74) is -0.562. The third kappa shape index (κ3) is 2.93. The molecule has 0 amide bonds. The Morgan fingerprint density at radius 1 is 1.30 bits per heavy atom. The maximum Gasteiger partial charge on any atom is 0.416 e. The quantitative estimate of drug-likeness (QED) is 0.871. The van der Waals surface area contributed by atoms with Crippen LogP contribution in [0.25, 0.3) is 0 Å². The van der Waals surface area contributed by atoms with E-state index in [1.165, 1.54) is 12.1 Å². The normalized spacial score (nSPS) is 11.6. The van der Waals surface area contributed by atoms with Gasteiger partial charge in [0.2, 0.25) is 5.28 Å². The summed E-state index contributed by atoms with van der Waals surface area (Å²) in [6, 6.07) is 4.33. The standard InChI is InChI=1S/C12H8ClF3N2O2/c13-11-17-5-9(10(19)20)18(11)6-7-1-3-8(4-2-7)12(14,15)16/h1-5H,6H2,(H,19,20)/p-1. The number of aromatic nitrogens is 2. The van der Waals surface area contributed by atoms with Crippen LogP contribution in [0.5, 0.6) is 0 Å². The molecule has 4 nitrogen and oxygen atoms in total. The highest BCUT2D eigenvalue weighted by Gasteiger charge is 2.29. The number of nitrogens with zero attached hydrogens (tertiary/aromatic N) is 2. The van der Waals surface area contributed by atoms with Gasteiger partial charge in [-0.05, 0) is 29.3 Å². The first-order chi connectivity index (χ1) is 9.29. The molecule has 1 heterocycles. The average Bonchev–Trinajstić information content (AvgIpc) is 2.71. The predicted molar refractivity (Wildman–Crippen MR) is 62.1 cm³/mol. The van der Waals surface area contributed by atoms with Gasteiger partial charge < -0.3 is 14.5 Å². The lowest BCUT2D eigenvalue weighted by atomic mass is 10.1. The molecule has 0 spiro atoms. The summed E-state index contributed by atoms with van der Waals surface area (Å²) in [6.45, 7) is -0.0136. The van der Waals surface area contributed by atoms with Gasteiger partial charge in [0.05, 0.1) is 30.0 Å². The molecule has 20 heavy (non-hydrogen) atoms. The topological polar surface area (TPSA) is 57.9 Å². The number of hydrogen-bond donors (Lipinski definition) is 0. The summed E-state index contributed by atoms with van der Waals surface area (Å²) in [4.78, 5) is 14.4. The van der Waals surface area contributed by atoms with Crippen LogP contribution in [0.1, 0.15) is 21.6 Å². The Morgan fingerprint density at radius 3 is 2.40 bits per heavy atom. The number of aromatic carboxylic acids is 1. The maximum atomic E-state index is 12.4. The minimum Gasteiger partial charge on any atom is -0.543 e. The molecule has 0 saturated carbocycles. The van der Waals surface area contributed by atoms with Gasteiger partial charge in [-0.2, -0.15) is 13.2 Å². The van der Waals surface area contributed by atoms with Crippen molar-refractivity contribution in [1.29, 1.82) is 0 Å². The van der Waals surface area contributed by atoms with Crippen molar-refractivity contribution in [1.82, 2.24) is 9.55 Å². The van der Waals surface area contributed by atoms with Crippen molar-refractivity contribution in [3.05, 3.63) is 52.6 Å².